The highest BCUT2D eigenvalue weighted by Crippen LogP contribution is 2.24. The van der Waals surface area contributed by atoms with E-state index in [0.717, 1.165) is 10.5 Å². The van der Waals surface area contributed by atoms with Crippen LogP contribution in [0.15, 0.2) is 58.5 Å². The van der Waals surface area contributed by atoms with Gasteiger partial charge in [-0.3, -0.25) is 4.79 Å². The van der Waals surface area contributed by atoms with Crippen molar-refractivity contribution in [3.63, 3.8) is 0 Å². The molecule has 0 fully saturated rings. The van der Waals surface area contributed by atoms with E-state index in [1.165, 1.54) is 11.8 Å². The molecule has 1 amide bonds. The molecule has 6 heteroatoms. The molecule has 0 heterocycles. The molecule has 0 aliphatic carbocycles. The first-order chi connectivity index (χ1) is 10.5. The van der Waals surface area contributed by atoms with Crippen LogP contribution in [0.5, 0.6) is 0 Å². The molecule has 0 spiro atoms. The fraction of sp³-hybridized carbons (Fsp3) is 0.125. The van der Waals surface area contributed by atoms with Crippen LogP contribution in [0.4, 0.5) is 0 Å². The predicted octanol–water partition coefficient (Wildman–Crippen LogP) is 4.62. The molecule has 2 aromatic rings. The Labute approximate surface area is 143 Å². The molecule has 1 atom stereocenters. The van der Waals surface area contributed by atoms with Gasteiger partial charge in [-0.2, -0.15) is 5.10 Å². The van der Waals surface area contributed by atoms with Gasteiger partial charge < -0.3 is 0 Å². The Morgan fingerprint density at radius 2 is 1.91 bits per heavy atom. The third-order valence-corrected chi connectivity index (χ3v) is 4.33. The average molecular weight is 353 g/mol. The maximum atomic E-state index is 12.0. The number of benzene rings is 2. The molecule has 0 bridgehead atoms. The van der Waals surface area contributed by atoms with Crippen molar-refractivity contribution in [2.75, 3.05) is 0 Å². The largest absolute Gasteiger partial charge is 0.272 e. The van der Waals surface area contributed by atoms with Gasteiger partial charge in [0.25, 0.3) is 5.91 Å². The number of hydrogen-bond acceptors (Lipinski definition) is 3. The highest BCUT2D eigenvalue weighted by molar-refractivity contribution is 8.00. The van der Waals surface area contributed by atoms with Gasteiger partial charge in [0.1, 0.15) is 0 Å². The van der Waals surface area contributed by atoms with Gasteiger partial charge in [-0.05, 0) is 48.9 Å². The lowest BCUT2D eigenvalue weighted by Crippen LogP contribution is -2.26. The molecule has 0 aliphatic rings. The zero-order valence-corrected chi connectivity index (χ0v) is 14.1. The molecule has 114 valence electrons. The van der Waals surface area contributed by atoms with Crippen LogP contribution in [-0.4, -0.2) is 17.4 Å². The van der Waals surface area contributed by atoms with Crippen molar-refractivity contribution < 1.29 is 4.79 Å². The summed E-state index contributed by atoms with van der Waals surface area (Å²) in [4.78, 5) is 13.0. The van der Waals surface area contributed by atoms with Crippen molar-refractivity contribution in [2.24, 2.45) is 5.10 Å². The Morgan fingerprint density at radius 3 is 2.59 bits per heavy atom. The fourth-order valence-electron chi connectivity index (χ4n) is 1.62. The van der Waals surface area contributed by atoms with Gasteiger partial charge in [0.05, 0.1) is 11.5 Å². The SMILES string of the molecule is C[C@H](Sc1ccc(Cl)cc1)C(=O)N/N=C\c1cccc(Cl)c1. The molecule has 0 saturated heterocycles. The maximum Gasteiger partial charge on any atom is 0.253 e. The topological polar surface area (TPSA) is 41.5 Å². The molecule has 0 saturated carbocycles. The van der Waals surface area contributed by atoms with E-state index in [1.54, 1.807) is 30.5 Å². The van der Waals surface area contributed by atoms with E-state index in [2.05, 4.69) is 10.5 Å². The third-order valence-electron chi connectivity index (χ3n) is 2.73. The predicted molar refractivity (Wildman–Crippen MR) is 94.0 cm³/mol. The Morgan fingerprint density at radius 1 is 1.18 bits per heavy atom. The summed E-state index contributed by atoms with van der Waals surface area (Å²) in [7, 11) is 0. The Kier molecular flexibility index (Phi) is 6.31. The van der Waals surface area contributed by atoms with Gasteiger partial charge in [0.2, 0.25) is 0 Å². The average Bonchev–Trinajstić information content (AvgIpc) is 2.49. The van der Waals surface area contributed by atoms with Crippen molar-refractivity contribution in [1.82, 2.24) is 5.43 Å². The smallest absolute Gasteiger partial charge is 0.253 e. The summed E-state index contributed by atoms with van der Waals surface area (Å²) in [6, 6.07) is 14.6. The number of rotatable bonds is 5. The lowest BCUT2D eigenvalue weighted by molar-refractivity contribution is -0.120. The molecule has 2 aromatic carbocycles. The molecule has 1 N–H and O–H groups in total. The van der Waals surface area contributed by atoms with Gasteiger partial charge in [-0.15, -0.1) is 11.8 Å². The maximum absolute atomic E-state index is 12.0. The number of thioether (sulfide) groups is 1. The van der Waals surface area contributed by atoms with Crippen LogP contribution in [-0.2, 0) is 4.79 Å². The van der Waals surface area contributed by atoms with Crippen molar-refractivity contribution in [1.29, 1.82) is 0 Å². The lowest BCUT2D eigenvalue weighted by Gasteiger charge is -2.09. The van der Waals surface area contributed by atoms with E-state index in [9.17, 15) is 4.79 Å². The summed E-state index contributed by atoms with van der Waals surface area (Å²) in [5, 5.41) is 4.98. The van der Waals surface area contributed by atoms with Crippen molar-refractivity contribution in [3.05, 3.63) is 64.1 Å². The van der Waals surface area contributed by atoms with Crippen molar-refractivity contribution >= 4 is 47.1 Å². The first-order valence-corrected chi connectivity index (χ1v) is 8.19. The van der Waals surface area contributed by atoms with Crippen LogP contribution >= 0.6 is 35.0 Å². The lowest BCUT2D eigenvalue weighted by atomic mass is 10.2. The van der Waals surface area contributed by atoms with Crippen LogP contribution in [0.3, 0.4) is 0 Å². The van der Waals surface area contributed by atoms with Crippen LogP contribution < -0.4 is 5.43 Å². The number of nitrogens with zero attached hydrogens (tertiary/aromatic N) is 1. The summed E-state index contributed by atoms with van der Waals surface area (Å²) >= 11 is 13.2. The number of carbonyl (C=O) groups is 1. The van der Waals surface area contributed by atoms with E-state index in [4.69, 9.17) is 23.2 Å². The highest BCUT2D eigenvalue weighted by atomic mass is 35.5. The minimum Gasteiger partial charge on any atom is -0.272 e. The zero-order valence-electron chi connectivity index (χ0n) is 11.8. The minimum atomic E-state index is -0.266. The molecule has 22 heavy (non-hydrogen) atoms. The zero-order chi connectivity index (χ0) is 15.9. The molecular weight excluding hydrogens is 339 g/mol. The first kappa shape index (κ1) is 16.9. The van der Waals surface area contributed by atoms with E-state index in [-0.39, 0.29) is 11.2 Å². The third kappa shape index (κ3) is 5.37. The molecular formula is C16H14Cl2N2OS. The minimum absolute atomic E-state index is 0.168. The number of carbonyl (C=O) groups excluding carboxylic acids is 1. The second-order valence-corrected chi connectivity index (χ2v) is 6.79. The Balaban J connectivity index is 1.87. The molecule has 2 rings (SSSR count). The van der Waals surface area contributed by atoms with Gasteiger partial charge in [-0.25, -0.2) is 5.43 Å². The number of hydrogen-bond donors (Lipinski definition) is 1. The summed E-state index contributed by atoms with van der Waals surface area (Å²) in [5.74, 6) is -0.168. The van der Waals surface area contributed by atoms with Gasteiger partial charge in [0, 0.05) is 14.9 Å². The molecule has 3 nitrogen and oxygen atoms in total. The standard InChI is InChI=1S/C16H14Cl2N2OS/c1-11(22-15-7-5-13(17)6-8-15)16(21)20-19-10-12-3-2-4-14(18)9-12/h2-11H,1H3,(H,20,21)/b19-10-/t11-/m0/s1. The second-order valence-electron chi connectivity index (χ2n) is 4.50. The highest BCUT2D eigenvalue weighted by Gasteiger charge is 2.13. The number of nitrogens with one attached hydrogen (secondary N) is 1. The summed E-state index contributed by atoms with van der Waals surface area (Å²) in [5.41, 5.74) is 3.35. The summed E-state index contributed by atoms with van der Waals surface area (Å²) < 4.78 is 0. The monoisotopic (exact) mass is 352 g/mol. The number of amides is 1. The molecule has 0 aliphatic heterocycles. The van der Waals surface area contributed by atoms with Crippen LogP contribution in [0.25, 0.3) is 0 Å². The first-order valence-electron chi connectivity index (χ1n) is 6.55. The van der Waals surface area contributed by atoms with Gasteiger partial charge >= 0.3 is 0 Å². The summed E-state index contributed by atoms with van der Waals surface area (Å²) in [6.45, 7) is 1.82. The van der Waals surface area contributed by atoms with E-state index in [0.29, 0.717) is 10.0 Å². The number of hydrazone groups is 1. The molecule has 0 radical (unpaired) electrons. The fourth-order valence-corrected chi connectivity index (χ4v) is 2.80. The van der Waals surface area contributed by atoms with E-state index >= 15 is 0 Å². The quantitative estimate of drug-likeness (QED) is 0.484. The van der Waals surface area contributed by atoms with Crippen molar-refractivity contribution in [2.45, 2.75) is 17.1 Å². The Hall–Kier alpha value is -1.49. The van der Waals surface area contributed by atoms with E-state index < -0.39 is 0 Å². The molecule has 0 aromatic heterocycles. The normalized spacial score (nSPS) is 12.3. The molecule has 0 unspecified atom stereocenters. The van der Waals surface area contributed by atoms with E-state index in [1.807, 2.05) is 31.2 Å². The Bertz CT molecular complexity index is 674. The van der Waals surface area contributed by atoms with Gasteiger partial charge in [-0.1, -0.05) is 35.3 Å². The second kappa shape index (κ2) is 8.22. The van der Waals surface area contributed by atoms with Gasteiger partial charge in [0.15, 0.2) is 0 Å². The van der Waals surface area contributed by atoms with Crippen LogP contribution in [0, 0.1) is 0 Å². The van der Waals surface area contributed by atoms with Crippen molar-refractivity contribution in [3.8, 4) is 0 Å². The van der Waals surface area contributed by atoms with Crippen LogP contribution in [0.1, 0.15) is 12.5 Å². The summed E-state index contributed by atoms with van der Waals surface area (Å²) in [6.07, 6.45) is 1.56. The number of halogens is 2. The van der Waals surface area contributed by atoms with Crippen LogP contribution in [0.2, 0.25) is 10.0 Å².